The minimum Gasteiger partial charge on any atom is -0.496 e. The van der Waals surface area contributed by atoms with Gasteiger partial charge in [-0.05, 0) is 41.5 Å². The average Bonchev–Trinajstić information content (AvgIpc) is 2.75. The van der Waals surface area contributed by atoms with Crippen molar-refractivity contribution in [3.8, 4) is 5.75 Å². The van der Waals surface area contributed by atoms with Crippen LogP contribution >= 0.6 is 0 Å². The highest BCUT2D eigenvalue weighted by atomic mass is 16.5. The van der Waals surface area contributed by atoms with Gasteiger partial charge in [0.25, 0.3) is 0 Å². The van der Waals surface area contributed by atoms with Crippen molar-refractivity contribution in [1.82, 2.24) is 9.88 Å². The SMILES string of the molecule is COc1ccccc1Cc1cc2cc(NCCN3CCOCC3)ccc2nc1N. The summed E-state index contributed by atoms with van der Waals surface area (Å²) in [6.45, 7) is 5.60. The highest BCUT2D eigenvalue weighted by Gasteiger charge is 2.11. The Morgan fingerprint density at radius 2 is 1.93 bits per heavy atom. The predicted octanol–water partition coefficient (Wildman–Crippen LogP) is 3.16. The first-order valence-electron chi connectivity index (χ1n) is 10.1. The maximum atomic E-state index is 6.24. The molecule has 3 N–H and O–H groups in total. The van der Waals surface area contributed by atoms with Crippen molar-refractivity contribution in [2.24, 2.45) is 0 Å². The van der Waals surface area contributed by atoms with Crippen LogP contribution in [0.1, 0.15) is 11.1 Å². The van der Waals surface area contributed by atoms with Gasteiger partial charge in [-0.25, -0.2) is 4.98 Å². The molecule has 1 aliphatic heterocycles. The third kappa shape index (κ3) is 4.78. The van der Waals surface area contributed by atoms with Crippen LogP contribution < -0.4 is 15.8 Å². The lowest BCUT2D eigenvalue weighted by molar-refractivity contribution is 0.0398. The Hall–Kier alpha value is -2.83. The quantitative estimate of drug-likeness (QED) is 0.644. The van der Waals surface area contributed by atoms with Crippen LogP contribution in [0.15, 0.2) is 48.5 Å². The first kappa shape index (κ1) is 19.5. The van der Waals surface area contributed by atoms with Crippen molar-refractivity contribution in [1.29, 1.82) is 0 Å². The molecule has 29 heavy (non-hydrogen) atoms. The predicted molar refractivity (Wildman–Crippen MR) is 118 cm³/mol. The number of hydrogen-bond acceptors (Lipinski definition) is 6. The van der Waals surface area contributed by atoms with Gasteiger partial charge in [0.2, 0.25) is 0 Å². The van der Waals surface area contributed by atoms with Crippen LogP contribution in [-0.4, -0.2) is 56.4 Å². The highest BCUT2D eigenvalue weighted by molar-refractivity contribution is 5.85. The van der Waals surface area contributed by atoms with Gasteiger partial charge in [-0.2, -0.15) is 0 Å². The van der Waals surface area contributed by atoms with Crippen LogP contribution in [0.2, 0.25) is 0 Å². The van der Waals surface area contributed by atoms with Gasteiger partial charge in [-0.1, -0.05) is 18.2 Å². The standard InChI is InChI=1S/C23H28N4O2/c1-28-22-5-3-2-4-17(22)14-19-15-18-16-20(6-7-21(18)26-23(19)24)25-8-9-27-10-12-29-13-11-27/h2-7,15-16,25H,8-14H2,1H3,(H2,24,26). The summed E-state index contributed by atoms with van der Waals surface area (Å²) in [6.07, 6.45) is 0.688. The maximum absolute atomic E-state index is 6.24. The van der Waals surface area contributed by atoms with E-state index in [1.165, 1.54) is 0 Å². The molecule has 0 bridgehead atoms. The van der Waals surface area contributed by atoms with Gasteiger partial charge in [-0.3, -0.25) is 4.90 Å². The first-order valence-corrected chi connectivity index (χ1v) is 10.1. The molecule has 0 saturated carbocycles. The zero-order chi connectivity index (χ0) is 20.1. The van der Waals surface area contributed by atoms with Gasteiger partial charge >= 0.3 is 0 Å². The molecule has 1 fully saturated rings. The average molecular weight is 393 g/mol. The number of benzene rings is 2. The number of anilines is 2. The zero-order valence-electron chi connectivity index (χ0n) is 16.9. The van der Waals surface area contributed by atoms with Crippen molar-refractivity contribution in [3.63, 3.8) is 0 Å². The van der Waals surface area contributed by atoms with Gasteiger partial charge in [0, 0.05) is 43.7 Å². The lowest BCUT2D eigenvalue weighted by Crippen LogP contribution is -2.38. The fourth-order valence-corrected chi connectivity index (χ4v) is 3.72. The summed E-state index contributed by atoms with van der Waals surface area (Å²) >= 11 is 0. The van der Waals surface area contributed by atoms with E-state index < -0.39 is 0 Å². The number of nitrogens with two attached hydrogens (primary N) is 1. The Labute approximate surface area is 171 Å². The number of hydrogen-bond donors (Lipinski definition) is 2. The number of morpholine rings is 1. The van der Waals surface area contributed by atoms with Crippen molar-refractivity contribution in [3.05, 3.63) is 59.7 Å². The summed E-state index contributed by atoms with van der Waals surface area (Å²) in [7, 11) is 1.69. The Morgan fingerprint density at radius 1 is 1.10 bits per heavy atom. The molecule has 2 heterocycles. The van der Waals surface area contributed by atoms with E-state index in [-0.39, 0.29) is 0 Å². The minimum atomic E-state index is 0.566. The maximum Gasteiger partial charge on any atom is 0.127 e. The number of pyridine rings is 1. The van der Waals surface area contributed by atoms with E-state index in [0.717, 1.165) is 72.9 Å². The third-order valence-corrected chi connectivity index (χ3v) is 5.36. The number of nitrogen functional groups attached to an aromatic ring is 1. The third-order valence-electron chi connectivity index (χ3n) is 5.36. The molecule has 0 spiro atoms. The Morgan fingerprint density at radius 3 is 2.76 bits per heavy atom. The number of para-hydroxylation sites is 1. The highest BCUT2D eigenvalue weighted by Crippen LogP contribution is 2.27. The normalized spacial score (nSPS) is 14.8. The molecular weight excluding hydrogens is 364 g/mol. The Balaban J connectivity index is 1.49. The molecule has 0 unspecified atom stereocenters. The summed E-state index contributed by atoms with van der Waals surface area (Å²) in [5.41, 5.74) is 10.4. The molecule has 4 rings (SSSR count). The zero-order valence-corrected chi connectivity index (χ0v) is 16.9. The first-order chi connectivity index (χ1) is 14.2. The van der Waals surface area contributed by atoms with Crippen LogP contribution in [-0.2, 0) is 11.2 Å². The molecule has 2 aromatic carbocycles. The molecule has 1 aliphatic rings. The molecule has 6 heteroatoms. The van der Waals surface area contributed by atoms with E-state index in [2.05, 4.69) is 39.5 Å². The van der Waals surface area contributed by atoms with E-state index in [1.807, 2.05) is 24.3 Å². The van der Waals surface area contributed by atoms with Gasteiger partial charge in [0.15, 0.2) is 0 Å². The van der Waals surface area contributed by atoms with Crippen LogP contribution in [0.25, 0.3) is 10.9 Å². The molecule has 0 aliphatic carbocycles. The van der Waals surface area contributed by atoms with Crippen molar-refractivity contribution in [2.45, 2.75) is 6.42 Å². The number of fused-ring (bicyclic) bond motifs is 1. The lowest BCUT2D eigenvalue weighted by Gasteiger charge is -2.26. The van der Waals surface area contributed by atoms with Crippen LogP contribution in [0.4, 0.5) is 11.5 Å². The van der Waals surface area contributed by atoms with E-state index in [1.54, 1.807) is 7.11 Å². The summed E-state index contributed by atoms with van der Waals surface area (Å²) in [6, 6.07) is 16.4. The molecule has 0 atom stereocenters. The fraction of sp³-hybridized carbons (Fsp3) is 0.348. The summed E-state index contributed by atoms with van der Waals surface area (Å²) in [4.78, 5) is 7.03. The van der Waals surface area contributed by atoms with Crippen molar-refractivity contribution < 1.29 is 9.47 Å². The Bertz CT molecular complexity index is 970. The van der Waals surface area contributed by atoms with Gasteiger partial charge < -0.3 is 20.5 Å². The number of aromatic nitrogens is 1. The largest absolute Gasteiger partial charge is 0.496 e. The fourth-order valence-electron chi connectivity index (χ4n) is 3.72. The minimum absolute atomic E-state index is 0.566. The van der Waals surface area contributed by atoms with Crippen molar-refractivity contribution >= 4 is 22.4 Å². The number of methoxy groups -OCH3 is 1. The second-order valence-corrected chi connectivity index (χ2v) is 7.31. The molecule has 1 aromatic heterocycles. The van der Waals surface area contributed by atoms with Crippen LogP contribution in [0.5, 0.6) is 5.75 Å². The van der Waals surface area contributed by atoms with Gasteiger partial charge in [-0.15, -0.1) is 0 Å². The van der Waals surface area contributed by atoms with Crippen LogP contribution in [0, 0.1) is 0 Å². The number of ether oxygens (including phenoxy) is 2. The second-order valence-electron chi connectivity index (χ2n) is 7.31. The summed E-state index contributed by atoms with van der Waals surface area (Å²) < 4.78 is 10.9. The van der Waals surface area contributed by atoms with E-state index in [4.69, 9.17) is 15.2 Å². The summed E-state index contributed by atoms with van der Waals surface area (Å²) in [5.74, 6) is 1.43. The van der Waals surface area contributed by atoms with E-state index >= 15 is 0 Å². The smallest absolute Gasteiger partial charge is 0.127 e. The molecule has 152 valence electrons. The Kier molecular flexibility index (Phi) is 6.12. The lowest BCUT2D eigenvalue weighted by atomic mass is 10.0. The monoisotopic (exact) mass is 392 g/mol. The molecular formula is C23H28N4O2. The summed E-state index contributed by atoms with van der Waals surface area (Å²) in [5, 5.41) is 4.61. The van der Waals surface area contributed by atoms with E-state index in [9.17, 15) is 0 Å². The molecule has 0 amide bonds. The van der Waals surface area contributed by atoms with E-state index in [0.29, 0.717) is 12.2 Å². The number of nitrogens with one attached hydrogen (secondary N) is 1. The molecule has 6 nitrogen and oxygen atoms in total. The molecule has 1 saturated heterocycles. The second kappa shape index (κ2) is 9.11. The topological polar surface area (TPSA) is 72.6 Å². The van der Waals surface area contributed by atoms with Crippen molar-refractivity contribution in [2.75, 3.05) is 57.6 Å². The van der Waals surface area contributed by atoms with Gasteiger partial charge in [0.05, 0.1) is 25.8 Å². The molecule has 3 aromatic rings. The van der Waals surface area contributed by atoms with Gasteiger partial charge in [0.1, 0.15) is 11.6 Å². The molecule has 0 radical (unpaired) electrons. The number of rotatable bonds is 7. The number of nitrogens with zero attached hydrogens (tertiary/aromatic N) is 2. The van der Waals surface area contributed by atoms with Crippen LogP contribution in [0.3, 0.4) is 0 Å².